The van der Waals surface area contributed by atoms with Crippen molar-refractivity contribution in [2.75, 3.05) is 18.2 Å². The molecular weight excluding hydrogens is 258 g/mol. The summed E-state index contributed by atoms with van der Waals surface area (Å²) in [6, 6.07) is 6.91. The number of rotatable bonds is 4. The van der Waals surface area contributed by atoms with Crippen LogP contribution in [-0.4, -0.2) is 23.2 Å². The van der Waals surface area contributed by atoms with Crippen LogP contribution >= 0.6 is 0 Å². The van der Waals surface area contributed by atoms with E-state index in [0.717, 1.165) is 5.56 Å². The zero-order chi connectivity index (χ0) is 14.7. The van der Waals surface area contributed by atoms with E-state index in [1.807, 2.05) is 19.1 Å². The van der Waals surface area contributed by atoms with Gasteiger partial charge in [-0.1, -0.05) is 6.07 Å². The molecule has 20 heavy (non-hydrogen) atoms. The summed E-state index contributed by atoms with van der Waals surface area (Å²) in [5.74, 6) is -0.278. The molecule has 0 saturated heterocycles. The number of hydrogen-bond acceptors (Lipinski definition) is 5. The highest BCUT2D eigenvalue weighted by atomic mass is 16.5. The van der Waals surface area contributed by atoms with E-state index in [4.69, 9.17) is 10.5 Å². The van der Waals surface area contributed by atoms with Crippen molar-refractivity contribution in [1.82, 2.24) is 4.98 Å². The summed E-state index contributed by atoms with van der Waals surface area (Å²) in [6.45, 7) is 1.93. The van der Waals surface area contributed by atoms with Crippen LogP contribution in [-0.2, 0) is 0 Å². The summed E-state index contributed by atoms with van der Waals surface area (Å²) in [5.41, 5.74) is 7.52. The van der Waals surface area contributed by atoms with Crippen molar-refractivity contribution in [3.05, 3.63) is 41.6 Å². The molecule has 2 aromatic rings. The van der Waals surface area contributed by atoms with Crippen LogP contribution in [0.25, 0.3) is 0 Å². The van der Waals surface area contributed by atoms with Gasteiger partial charge < -0.3 is 20.9 Å². The van der Waals surface area contributed by atoms with Gasteiger partial charge in [-0.25, -0.2) is 9.78 Å². The van der Waals surface area contributed by atoms with E-state index in [1.165, 1.54) is 12.3 Å². The molecule has 0 atom stereocenters. The predicted molar refractivity (Wildman–Crippen MR) is 76.6 cm³/mol. The van der Waals surface area contributed by atoms with E-state index in [9.17, 15) is 9.90 Å². The molecule has 1 aromatic carbocycles. The summed E-state index contributed by atoms with van der Waals surface area (Å²) in [4.78, 5) is 15.2. The maximum Gasteiger partial charge on any atom is 0.339 e. The monoisotopic (exact) mass is 273 g/mol. The van der Waals surface area contributed by atoms with Gasteiger partial charge in [-0.2, -0.15) is 0 Å². The number of carbonyl (C=O) groups is 1. The number of methoxy groups -OCH3 is 1. The Balaban J connectivity index is 2.44. The van der Waals surface area contributed by atoms with Crippen molar-refractivity contribution < 1.29 is 14.6 Å². The summed E-state index contributed by atoms with van der Waals surface area (Å²) in [5, 5.41) is 12.2. The first-order valence-corrected chi connectivity index (χ1v) is 5.91. The van der Waals surface area contributed by atoms with Crippen molar-refractivity contribution in [1.29, 1.82) is 0 Å². The maximum absolute atomic E-state index is 11.2. The number of nitrogen functional groups attached to an aromatic ring is 1. The molecule has 6 nitrogen and oxygen atoms in total. The van der Waals surface area contributed by atoms with Gasteiger partial charge in [0.05, 0.1) is 24.7 Å². The predicted octanol–water partition coefficient (Wildman–Crippen LogP) is 2.42. The third-order valence-electron chi connectivity index (χ3n) is 2.75. The fraction of sp³-hybridized carbons (Fsp3) is 0.143. The lowest BCUT2D eigenvalue weighted by Crippen LogP contribution is -2.06. The molecule has 4 N–H and O–H groups in total. The molecule has 0 aliphatic rings. The average Bonchev–Trinajstić information content (AvgIpc) is 2.41. The Morgan fingerprint density at radius 3 is 2.80 bits per heavy atom. The number of nitrogens with zero attached hydrogens (tertiary/aromatic N) is 1. The second-order valence-corrected chi connectivity index (χ2v) is 4.30. The van der Waals surface area contributed by atoms with E-state index in [2.05, 4.69) is 10.3 Å². The fourth-order valence-corrected chi connectivity index (χ4v) is 1.79. The Labute approximate surface area is 116 Å². The third-order valence-corrected chi connectivity index (χ3v) is 2.75. The zero-order valence-electron chi connectivity index (χ0n) is 11.2. The molecule has 0 aliphatic heterocycles. The molecule has 6 heteroatoms. The quantitative estimate of drug-likeness (QED) is 0.791. The highest BCUT2D eigenvalue weighted by Crippen LogP contribution is 2.29. The van der Waals surface area contributed by atoms with Crippen LogP contribution in [0.2, 0.25) is 0 Å². The number of aromatic nitrogens is 1. The van der Waals surface area contributed by atoms with Gasteiger partial charge in [0.2, 0.25) is 0 Å². The molecule has 0 radical (unpaired) electrons. The van der Waals surface area contributed by atoms with Crippen molar-refractivity contribution in [2.45, 2.75) is 6.92 Å². The fourth-order valence-electron chi connectivity index (χ4n) is 1.79. The molecule has 1 heterocycles. The largest absolute Gasteiger partial charge is 0.495 e. The number of hydrogen-bond donors (Lipinski definition) is 3. The van der Waals surface area contributed by atoms with Crippen LogP contribution in [0.1, 0.15) is 15.9 Å². The van der Waals surface area contributed by atoms with Crippen LogP contribution in [0.5, 0.6) is 5.75 Å². The Kier molecular flexibility index (Phi) is 3.74. The first-order chi connectivity index (χ1) is 9.51. The molecule has 0 saturated carbocycles. The lowest BCUT2D eigenvalue weighted by Gasteiger charge is -2.13. The normalized spacial score (nSPS) is 10.1. The Morgan fingerprint density at radius 1 is 1.40 bits per heavy atom. The first kappa shape index (κ1) is 13.7. The second-order valence-electron chi connectivity index (χ2n) is 4.30. The number of nitrogens with two attached hydrogens (primary N) is 1. The third kappa shape index (κ3) is 2.80. The number of aryl methyl sites for hydroxylation is 1. The van der Waals surface area contributed by atoms with Gasteiger partial charge in [0.15, 0.2) is 0 Å². The maximum atomic E-state index is 11.2. The minimum Gasteiger partial charge on any atom is -0.495 e. The highest BCUT2D eigenvalue weighted by Gasteiger charge is 2.14. The van der Waals surface area contributed by atoms with Gasteiger partial charge in [-0.3, -0.25) is 0 Å². The van der Waals surface area contributed by atoms with E-state index in [-0.39, 0.29) is 11.4 Å². The van der Waals surface area contributed by atoms with Crippen molar-refractivity contribution >= 4 is 23.2 Å². The summed E-state index contributed by atoms with van der Waals surface area (Å²) < 4.78 is 5.23. The Bertz CT molecular complexity index is 656. The molecule has 0 amide bonds. The van der Waals surface area contributed by atoms with Crippen LogP contribution in [0.4, 0.5) is 17.2 Å². The van der Waals surface area contributed by atoms with Crippen molar-refractivity contribution in [3.8, 4) is 5.75 Å². The smallest absolute Gasteiger partial charge is 0.339 e. The number of carboxylic acids is 1. The van der Waals surface area contributed by atoms with Gasteiger partial charge in [0.25, 0.3) is 0 Å². The van der Waals surface area contributed by atoms with Crippen LogP contribution < -0.4 is 15.8 Å². The molecule has 0 fully saturated rings. The Hall–Kier alpha value is -2.76. The van der Waals surface area contributed by atoms with Gasteiger partial charge >= 0.3 is 5.97 Å². The molecule has 104 valence electrons. The van der Waals surface area contributed by atoms with Gasteiger partial charge in [-0.15, -0.1) is 0 Å². The second kappa shape index (κ2) is 5.48. The number of aromatic carboxylic acids is 1. The molecule has 0 unspecified atom stereocenters. The number of anilines is 3. The first-order valence-electron chi connectivity index (χ1n) is 5.91. The zero-order valence-corrected chi connectivity index (χ0v) is 11.2. The summed E-state index contributed by atoms with van der Waals surface area (Å²) in [6.07, 6.45) is 1.40. The van der Waals surface area contributed by atoms with E-state index in [1.54, 1.807) is 13.2 Å². The molecular formula is C14H15N3O3. The topological polar surface area (TPSA) is 97.5 Å². The number of benzene rings is 1. The molecule has 2 rings (SSSR count). The van der Waals surface area contributed by atoms with Crippen LogP contribution in [0.3, 0.4) is 0 Å². The van der Waals surface area contributed by atoms with E-state index in [0.29, 0.717) is 17.1 Å². The SMILES string of the molecule is COc1ccc(C)cc1Nc1ncc(N)cc1C(=O)O. The summed E-state index contributed by atoms with van der Waals surface area (Å²) in [7, 11) is 1.55. The number of nitrogens with one attached hydrogen (secondary N) is 1. The molecule has 0 aliphatic carbocycles. The van der Waals surface area contributed by atoms with Gasteiger partial charge in [0.1, 0.15) is 17.1 Å². The summed E-state index contributed by atoms with van der Waals surface area (Å²) >= 11 is 0. The lowest BCUT2D eigenvalue weighted by molar-refractivity contribution is 0.0697. The lowest BCUT2D eigenvalue weighted by atomic mass is 10.2. The van der Waals surface area contributed by atoms with E-state index < -0.39 is 5.97 Å². The number of carboxylic acid groups (broad SMARTS) is 1. The minimum atomic E-state index is -1.10. The van der Waals surface area contributed by atoms with Crippen LogP contribution in [0, 0.1) is 6.92 Å². The van der Waals surface area contributed by atoms with Gasteiger partial charge in [0, 0.05) is 0 Å². The van der Waals surface area contributed by atoms with Crippen molar-refractivity contribution in [3.63, 3.8) is 0 Å². The van der Waals surface area contributed by atoms with Crippen LogP contribution in [0.15, 0.2) is 30.5 Å². The average molecular weight is 273 g/mol. The highest BCUT2D eigenvalue weighted by molar-refractivity contribution is 5.95. The Morgan fingerprint density at radius 2 is 2.15 bits per heavy atom. The standard InChI is InChI=1S/C14H15N3O3/c1-8-3-4-12(20-2)11(5-8)17-13-10(14(18)19)6-9(15)7-16-13/h3-7H,15H2,1-2H3,(H,16,17)(H,18,19). The number of pyridine rings is 1. The van der Waals surface area contributed by atoms with Gasteiger partial charge in [-0.05, 0) is 30.7 Å². The molecule has 1 aromatic heterocycles. The number of ether oxygens (including phenoxy) is 1. The minimum absolute atomic E-state index is 0.00793. The molecule has 0 spiro atoms. The van der Waals surface area contributed by atoms with E-state index >= 15 is 0 Å². The molecule has 0 bridgehead atoms. The van der Waals surface area contributed by atoms with Crippen molar-refractivity contribution in [2.24, 2.45) is 0 Å².